The number of benzene rings is 1. The molecule has 2 aliphatic heterocycles. The SMILES string of the molecule is CCNC(=NCCCC(=O)N1CCc2ccccc2C1)N1CCC[C@@H](C(=O)OCC)C1. The molecule has 2 heterocycles. The van der Waals surface area contributed by atoms with Gasteiger partial charge in [-0.3, -0.25) is 14.6 Å². The highest BCUT2D eigenvalue weighted by Gasteiger charge is 2.28. The Bertz CT molecular complexity index is 780. The summed E-state index contributed by atoms with van der Waals surface area (Å²) in [6.45, 7) is 8.69. The first-order valence-corrected chi connectivity index (χ1v) is 11.7. The number of rotatable bonds is 7. The van der Waals surface area contributed by atoms with E-state index in [1.54, 1.807) is 0 Å². The molecule has 0 spiro atoms. The number of guanidine groups is 1. The summed E-state index contributed by atoms with van der Waals surface area (Å²) < 4.78 is 5.21. The number of fused-ring (bicyclic) bond motifs is 1. The molecule has 1 N–H and O–H groups in total. The normalized spacial score (nSPS) is 19.0. The molecule has 0 unspecified atom stereocenters. The number of esters is 1. The third-order valence-electron chi connectivity index (χ3n) is 5.97. The standard InChI is InChI=1S/C24H36N4O3/c1-3-25-24(28-15-8-11-21(18-28)23(30)31-4-2)26-14-7-12-22(29)27-16-13-19-9-5-6-10-20(19)17-27/h5-6,9-10,21H,3-4,7-8,11-18H2,1-2H3,(H,25,26)/t21-/m1/s1. The molecule has 2 aliphatic rings. The number of likely N-dealkylation sites (tertiary alicyclic amines) is 1. The van der Waals surface area contributed by atoms with Gasteiger partial charge in [-0.2, -0.15) is 0 Å². The van der Waals surface area contributed by atoms with Crippen LogP contribution in [-0.2, 0) is 27.3 Å². The van der Waals surface area contributed by atoms with E-state index in [-0.39, 0.29) is 17.8 Å². The van der Waals surface area contributed by atoms with E-state index < -0.39 is 0 Å². The summed E-state index contributed by atoms with van der Waals surface area (Å²) in [5, 5.41) is 3.33. The van der Waals surface area contributed by atoms with Crippen molar-refractivity contribution in [3.05, 3.63) is 35.4 Å². The lowest BCUT2D eigenvalue weighted by molar-refractivity contribution is -0.149. The molecule has 7 heteroatoms. The molecular formula is C24H36N4O3. The Hall–Kier alpha value is -2.57. The van der Waals surface area contributed by atoms with Crippen molar-refractivity contribution >= 4 is 17.8 Å². The number of nitrogens with zero attached hydrogens (tertiary/aromatic N) is 3. The Balaban J connectivity index is 1.48. The van der Waals surface area contributed by atoms with Gasteiger partial charge in [0.15, 0.2) is 5.96 Å². The Morgan fingerprint density at radius 1 is 1.16 bits per heavy atom. The maximum absolute atomic E-state index is 12.7. The van der Waals surface area contributed by atoms with E-state index in [4.69, 9.17) is 9.73 Å². The summed E-state index contributed by atoms with van der Waals surface area (Å²) in [4.78, 5) is 33.6. The largest absolute Gasteiger partial charge is 0.466 e. The van der Waals surface area contributed by atoms with Crippen molar-refractivity contribution in [1.29, 1.82) is 0 Å². The number of nitrogens with one attached hydrogen (secondary N) is 1. The second kappa shape index (κ2) is 11.7. The monoisotopic (exact) mass is 428 g/mol. The van der Waals surface area contributed by atoms with Gasteiger partial charge in [0.25, 0.3) is 0 Å². The maximum Gasteiger partial charge on any atom is 0.310 e. The first-order valence-electron chi connectivity index (χ1n) is 11.7. The van der Waals surface area contributed by atoms with Crippen LogP contribution in [0.1, 0.15) is 50.7 Å². The first-order chi connectivity index (χ1) is 15.1. The number of aliphatic imine (C=N–C) groups is 1. The fourth-order valence-electron chi connectivity index (χ4n) is 4.33. The minimum absolute atomic E-state index is 0.0962. The van der Waals surface area contributed by atoms with Gasteiger partial charge >= 0.3 is 5.97 Å². The van der Waals surface area contributed by atoms with E-state index >= 15 is 0 Å². The third kappa shape index (κ3) is 6.45. The number of piperidine rings is 1. The highest BCUT2D eigenvalue weighted by Crippen LogP contribution is 2.20. The molecule has 170 valence electrons. The minimum atomic E-state index is -0.114. The summed E-state index contributed by atoms with van der Waals surface area (Å²) in [7, 11) is 0. The highest BCUT2D eigenvalue weighted by molar-refractivity contribution is 5.81. The first kappa shape index (κ1) is 23.1. The molecular weight excluding hydrogens is 392 g/mol. The fraction of sp³-hybridized carbons (Fsp3) is 0.625. The molecule has 0 saturated carbocycles. The average Bonchev–Trinajstić information content (AvgIpc) is 2.80. The van der Waals surface area contributed by atoms with Crippen molar-refractivity contribution in [3.8, 4) is 0 Å². The van der Waals surface area contributed by atoms with Gasteiger partial charge in [0.1, 0.15) is 0 Å². The summed E-state index contributed by atoms with van der Waals surface area (Å²) in [5.41, 5.74) is 2.62. The van der Waals surface area contributed by atoms with E-state index in [1.807, 2.05) is 24.8 Å². The minimum Gasteiger partial charge on any atom is -0.466 e. The van der Waals surface area contributed by atoms with Crippen LogP contribution in [0.5, 0.6) is 0 Å². The molecule has 31 heavy (non-hydrogen) atoms. The number of hydrogen-bond acceptors (Lipinski definition) is 4. The summed E-state index contributed by atoms with van der Waals surface area (Å²) in [6.07, 6.45) is 3.98. The second-order valence-electron chi connectivity index (χ2n) is 8.21. The maximum atomic E-state index is 12.7. The van der Waals surface area contributed by atoms with Crippen LogP contribution in [0.25, 0.3) is 0 Å². The lowest BCUT2D eigenvalue weighted by Crippen LogP contribution is -2.48. The van der Waals surface area contributed by atoms with E-state index in [0.29, 0.717) is 32.7 Å². The molecule has 0 aliphatic carbocycles. The van der Waals surface area contributed by atoms with Crippen LogP contribution in [0, 0.1) is 5.92 Å². The van der Waals surface area contributed by atoms with Crippen LogP contribution in [0.3, 0.4) is 0 Å². The molecule has 1 aromatic carbocycles. The van der Waals surface area contributed by atoms with Crippen LogP contribution in [0.4, 0.5) is 0 Å². The van der Waals surface area contributed by atoms with Crippen molar-refractivity contribution in [2.45, 2.75) is 52.5 Å². The Kier molecular flexibility index (Phi) is 8.74. The smallest absolute Gasteiger partial charge is 0.310 e. The second-order valence-corrected chi connectivity index (χ2v) is 8.21. The van der Waals surface area contributed by atoms with Crippen LogP contribution in [-0.4, -0.2) is 67.0 Å². The quantitative estimate of drug-likeness (QED) is 0.313. The van der Waals surface area contributed by atoms with Gasteiger partial charge < -0.3 is 19.9 Å². The Morgan fingerprint density at radius 3 is 2.74 bits per heavy atom. The molecule has 1 fully saturated rings. The van der Waals surface area contributed by atoms with Gasteiger partial charge in [-0.15, -0.1) is 0 Å². The van der Waals surface area contributed by atoms with E-state index in [1.165, 1.54) is 11.1 Å². The fourth-order valence-corrected chi connectivity index (χ4v) is 4.33. The van der Waals surface area contributed by atoms with Crippen molar-refractivity contribution in [3.63, 3.8) is 0 Å². The van der Waals surface area contributed by atoms with Gasteiger partial charge in [-0.1, -0.05) is 24.3 Å². The van der Waals surface area contributed by atoms with Gasteiger partial charge in [0, 0.05) is 45.7 Å². The predicted molar refractivity (Wildman–Crippen MR) is 122 cm³/mol. The predicted octanol–water partition coefficient (Wildman–Crippen LogP) is 2.59. The number of ether oxygens (including phenoxy) is 1. The molecule has 1 aromatic rings. The zero-order chi connectivity index (χ0) is 22.1. The summed E-state index contributed by atoms with van der Waals surface area (Å²) >= 11 is 0. The number of carbonyl (C=O) groups is 2. The van der Waals surface area contributed by atoms with Crippen LogP contribution in [0.15, 0.2) is 29.3 Å². The van der Waals surface area contributed by atoms with Crippen molar-refractivity contribution < 1.29 is 14.3 Å². The van der Waals surface area contributed by atoms with Crippen molar-refractivity contribution in [2.75, 3.05) is 39.3 Å². The van der Waals surface area contributed by atoms with Gasteiger partial charge in [-0.05, 0) is 50.7 Å². The van der Waals surface area contributed by atoms with E-state index in [0.717, 1.165) is 51.3 Å². The van der Waals surface area contributed by atoms with Crippen LogP contribution in [0.2, 0.25) is 0 Å². The molecule has 0 radical (unpaired) electrons. The van der Waals surface area contributed by atoms with Gasteiger partial charge in [-0.25, -0.2) is 0 Å². The summed E-state index contributed by atoms with van der Waals surface area (Å²) in [5.74, 6) is 0.823. The van der Waals surface area contributed by atoms with Crippen LogP contribution >= 0.6 is 0 Å². The Morgan fingerprint density at radius 2 is 1.97 bits per heavy atom. The van der Waals surface area contributed by atoms with Gasteiger partial charge in [0.05, 0.1) is 12.5 Å². The zero-order valence-electron chi connectivity index (χ0n) is 18.9. The van der Waals surface area contributed by atoms with Crippen molar-refractivity contribution in [2.24, 2.45) is 10.9 Å². The van der Waals surface area contributed by atoms with Gasteiger partial charge in [0.2, 0.25) is 5.91 Å². The topological polar surface area (TPSA) is 74.2 Å². The Labute approximate surface area is 185 Å². The molecule has 7 nitrogen and oxygen atoms in total. The van der Waals surface area contributed by atoms with Crippen LogP contribution < -0.4 is 5.32 Å². The number of hydrogen-bond donors (Lipinski definition) is 1. The third-order valence-corrected chi connectivity index (χ3v) is 5.97. The zero-order valence-corrected chi connectivity index (χ0v) is 18.9. The number of carbonyl (C=O) groups excluding carboxylic acids is 2. The lowest BCUT2D eigenvalue weighted by atomic mass is 9.98. The van der Waals surface area contributed by atoms with E-state index in [2.05, 4.69) is 28.4 Å². The lowest BCUT2D eigenvalue weighted by Gasteiger charge is -2.34. The number of amides is 1. The molecule has 0 aromatic heterocycles. The summed E-state index contributed by atoms with van der Waals surface area (Å²) in [6, 6.07) is 8.37. The van der Waals surface area contributed by atoms with E-state index in [9.17, 15) is 9.59 Å². The molecule has 0 bridgehead atoms. The molecule has 1 atom stereocenters. The molecule has 1 saturated heterocycles. The highest BCUT2D eigenvalue weighted by atomic mass is 16.5. The van der Waals surface area contributed by atoms with Crippen molar-refractivity contribution in [1.82, 2.24) is 15.1 Å². The average molecular weight is 429 g/mol. The molecule has 1 amide bonds. The molecule has 3 rings (SSSR count).